The minimum absolute atomic E-state index is 0.0975. The summed E-state index contributed by atoms with van der Waals surface area (Å²) in [6.07, 6.45) is 0.894. The fraction of sp³-hybridized carbons (Fsp3) is 0.467. The minimum atomic E-state index is -0.119. The Hall–Kier alpha value is -1.66. The SMILES string of the molecule is CC(C)(C)c1cc(NC(=O)c2csc3c2CCNC3)on1. The van der Waals surface area contributed by atoms with Gasteiger partial charge in [0.2, 0.25) is 5.88 Å². The Morgan fingerprint density at radius 3 is 3.00 bits per heavy atom. The Labute approximate surface area is 127 Å². The molecule has 3 rings (SSSR count). The first-order chi connectivity index (χ1) is 9.95. The van der Waals surface area contributed by atoms with Gasteiger partial charge < -0.3 is 9.84 Å². The number of anilines is 1. The minimum Gasteiger partial charge on any atom is -0.338 e. The van der Waals surface area contributed by atoms with Gasteiger partial charge in [-0.25, -0.2) is 0 Å². The smallest absolute Gasteiger partial charge is 0.259 e. The zero-order valence-corrected chi connectivity index (χ0v) is 13.3. The fourth-order valence-electron chi connectivity index (χ4n) is 2.32. The second kappa shape index (κ2) is 5.27. The van der Waals surface area contributed by atoms with E-state index < -0.39 is 0 Å². The maximum absolute atomic E-state index is 12.4. The lowest BCUT2D eigenvalue weighted by atomic mass is 9.92. The molecule has 2 aromatic heterocycles. The highest BCUT2D eigenvalue weighted by Crippen LogP contribution is 2.27. The van der Waals surface area contributed by atoms with Crippen molar-refractivity contribution >= 4 is 23.1 Å². The van der Waals surface area contributed by atoms with Gasteiger partial charge in [0.15, 0.2) is 0 Å². The maximum atomic E-state index is 12.4. The van der Waals surface area contributed by atoms with Crippen LogP contribution in [0.1, 0.15) is 47.3 Å². The van der Waals surface area contributed by atoms with Gasteiger partial charge >= 0.3 is 0 Å². The van der Waals surface area contributed by atoms with Crippen LogP contribution in [0.3, 0.4) is 0 Å². The van der Waals surface area contributed by atoms with Gasteiger partial charge in [0.1, 0.15) is 0 Å². The number of aromatic nitrogens is 1. The summed E-state index contributed by atoms with van der Waals surface area (Å²) in [5.41, 5.74) is 2.64. The molecule has 0 atom stereocenters. The molecule has 0 aliphatic carbocycles. The molecule has 0 aromatic carbocycles. The summed E-state index contributed by atoms with van der Waals surface area (Å²) < 4.78 is 5.21. The van der Waals surface area contributed by atoms with Gasteiger partial charge in [-0.2, -0.15) is 0 Å². The van der Waals surface area contributed by atoms with Crippen LogP contribution in [0.5, 0.6) is 0 Å². The predicted octanol–water partition coefficient (Wildman–Crippen LogP) is 2.93. The molecule has 1 aliphatic rings. The summed E-state index contributed by atoms with van der Waals surface area (Å²) >= 11 is 1.63. The average molecular weight is 305 g/mol. The summed E-state index contributed by atoms with van der Waals surface area (Å²) in [5.74, 6) is 0.282. The summed E-state index contributed by atoms with van der Waals surface area (Å²) in [6, 6.07) is 1.79. The van der Waals surface area contributed by atoms with Gasteiger partial charge in [0, 0.05) is 28.3 Å². The van der Waals surface area contributed by atoms with Gasteiger partial charge in [-0.3, -0.25) is 10.1 Å². The topological polar surface area (TPSA) is 67.2 Å². The lowest BCUT2D eigenvalue weighted by Crippen LogP contribution is -2.24. The van der Waals surface area contributed by atoms with Crippen molar-refractivity contribution in [2.24, 2.45) is 0 Å². The van der Waals surface area contributed by atoms with Crippen LogP contribution in [-0.2, 0) is 18.4 Å². The van der Waals surface area contributed by atoms with E-state index in [1.807, 2.05) is 5.38 Å². The van der Waals surface area contributed by atoms with E-state index in [1.165, 1.54) is 4.88 Å². The fourth-order valence-corrected chi connectivity index (χ4v) is 3.37. The summed E-state index contributed by atoms with van der Waals surface area (Å²) in [7, 11) is 0. The lowest BCUT2D eigenvalue weighted by molar-refractivity contribution is 0.102. The monoisotopic (exact) mass is 305 g/mol. The van der Waals surface area contributed by atoms with Crippen molar-refractivity contribution in [3.05, 3.63) is 33.1 Å². The lowest BCUT2D eigenvalue weighted by Gasteiger charge is -2.13. The molecule has 1 aliphatic heterocycles. The quantitative estimate of drug-likeness (QED) is 0.895. The van der Waals surface area contributed by atoms with Crippen molar-refractivity contribution in [1.29, 1.82) is 0 Å². The Bertz CT molecular complexity index is 667. The number of nitrogens with one attached hydrogen (secondary N) is 2. The van der Waals surface area contributed by atoms with Crippen LogP contribution in [-0.4, -0.2) is 17.6 Å². The van der Waals surface area contributed by atoms with E-state index in [4.69, 9.17) is 4.52 Å². The van der Waals surface area contributed by atoms with Crippen molar-refractivity contribution in [2.45, 2.75) is 39.2 Å². The standard InChI is InChI=1S/C15H19N3O2S/c1-15(2,3)12-6-13(20-18-12)17-14(19)10-8-21-11-7-16-5-4-9(10)11/h6,8,16H,4-5,7H2,1-3H3,(H,17,19). The number of nitrogens with zero attached hydrogens (tertiary/aromatic N) is 1. The molecular weight excluding hydrogens is 286 g/mol. The van der Waals surface area contributed by atoms with Crippen LogP contribution in [0.2, 0.25) is 0 Å². The van der Waals surface area contributed by atoms with E-state index >= 15 is 0 Å². The van der Waals surface area contributed by atoms with Gasteiger partial charge in [0.05, 0.1) is 11.3 Å². The highest BCUT2D eigenvalue weighted by atomic mass is 32.1. The molecule has 21 heavy (non-hydrogen) atoms. The highest BCUT2D eigenvalue weighted by Gasteiger charge is 2.23. The number of fused-ring (bicyclic) bond motifs is 1. The Kier molecular flexibility index (Phi) is 3.59. The first-order valence-corrected chi connectivity index (χ1v) is 7.91. The van der Waals surface area contributed by atoms with E-state index in [-0.39, 0.29) is 11.3 Å². The average Bonchev–Trinajstić information content (AvgIpc) is 3.03. The van der Waals surface area contributed by atoms with E-state index in [2.05, 4.69) is 36.6 Å². The number of rotatable bonds is 2. The molecule has 0 saturated heterocycles. The molecule has 0 bridgehead atoms. The molecule has 5 nitrogen and oxygen atoms in total. The Morgan fingerprint density at radius 1 is 1.48 bits per heavy atom. The molecule has 0 saturated carbocycles. The third kappa shape index (κ3) is 2.87. The van der Waals surface area contributed by atoms with Crippen LogP contribution in [0.4, 0.5) is 5.88 Å². The van der Waals surface area contributed by atoms with Gasteiger partial charge in [-0.05, 0) is 18.5 Å². The third-order valence-corrected chi connectivity index (χ3v) is 4.61. The molecule has 0 unspecified atom stereocenters. The molecular formula is C15H19N3O2S. The van der Waals surface area contributed by atoms with Crippen LogP contribution in [0.15, 0.2) is 16.0 Å². The normalized spacial score (nSPS) is 14.8. The van der Waals surface area contributed by atoms with Crippen LogP contribution >= 0.6 is 11.3 Å². The zero-order valence-electron chi connectivity index (χ0n) is 12.4. The van der Waals surface area contributed by atoms with E-state index in [0.717, 1.165) is 36.3 Å². The molecule has 1 amide bonds. The van der Waals surface area contributed by atoms with Crippen molar-refractivity contribution in [3.63, 3.8) is 0 Å². The van der Waals surface area contributed by atoms with Gasteiger partial charge in [-0.15, -0.1) is 11.3 Å². The second-order valence-corrected chi connectivity index (χ2v) is 7.22. The first-order valence-electron chi connectivity index (χ1n) is 7.03. The molecule has 0 spiro atoms. The van der Waals surface area contributed by atoms with E-state index in [1.54, 1.807) is 17.4 Å². The van der Waals surface area contributed by atoms with Crippen molar-refractivity contribution in [2.75, 3.05) is 11.9 Å². The van der Waals surface area contributed by atoms with E-state index in [0.29, 0.717) is 5.88 Å². The summed E-state index contributed by atoms with van der Waals surface area (Å²) in [6.45, 7) is 7.93. The molecule has 3 heterocycles. The number of hydrogen-bond acceptors (Lipinski definition) is 5. The van der Waals surface area contributed by atoms with Crippen molar-refractivity contribution in [1.82, 2.24) is 10.5 Å². The maximum Gasteiger partial charge on any atom is 0.259 e. The molecule has 0 fully saturated rings. The molecule has 2 N–H and O–H groups in total. The predicted molar refractivity (Wildman–Crippen MR) is 82.9 cm³/mol. The zero-order chi connectivity index (χ0) is 15.0. The summed E-state index contributed by atoms with van der Waals surface area (Å²) in [5, 5.41) is 12.1. The number of amides is 1. The second-order valence-electron chi connectivity index (χ2n) is 6.26. The first kappa shape index (κ1) is 14.3. The highest BCUT2D eigenvalue weighted by molar-refractivity contribution is 7.10. The van der Waals surface area contributed by atoms with Crippen LogP contribution in [0, 0.1) is 0 Å². The van der Waals surface area contributed by atoms with Crippen LogP contribution in [0.25, 0.3) is 0 Å². The summed E-state index contributed by atoms with van der Waals surface area (Å²) in [4.78, 5) is 13.6. The molecule has 112 valence electrons. The van der Waals surface area contributed by atoms with Gasteiger partial charge in [0.25, 0.3) is 5.91 Å². The number of hydrogen-bond donors (Lipinski definition) is 2. The van der Waals surface area contributed by atoms with Crippen molar-refractivity contribution < 1.29 is 9.32 Å². The molecule has 2 aromatic rings. The molecule has 0 radical (unpaired) electrons. The van der Waals surface area contributed by atoms with Crippen molar-refractivity contribution in [3.8, 4) is 0 Å². The van der Waals surface area contributed by atoms with Crippen LogP contribution < -0.4 is 10.6 Å². The Balaban J connectivity index is 1.78. The number of thiophene rings is 1. The molecule has 6 heteroatoms. The largest absolute Gasteiger partial charge is 0.338 e. The van der Waals surface area contributed by atoms with Gasteiger partial charge in [-0.1, -0.05) is 25.9 Å². The third-order valence-electron chi connectivity index (χ3n) is 3.58. The Morgan fingerprint density at radius 2 is 2.29 bits per heavy atom. The number of carbonyl (C=O) groups is 1. The van der Waals surface area contributed by atoms with E-state index in [9.17, 15) is 4.79 Å². The number of carbonyl (C=O) groups excluding carboxylic acids is 1.